The molecule has 0 nitrogen and oxygen atoms in total. The van der Waals surface area contributed by atoms with Crippen molar-refractivity contribution in [3.63, 3.8) is 0 Å². The van der Waals surface area contributed by atoms with Crippen LogP contribution in [0.25, 0.3) is 16.3 Å². The van der Waals surface area contributed by atoms with E-state index in [2.05, 4.69) is 98.0 Å². The van der Waals surface area contributed by atoms with Crippen molar-refractivity contribution < 1.29 is 0 Å². The van der Waals surface area contributed by atoms with E-state index in [0.717, 1.165) is 19.3 Å². The second kappa shape index (κ2) is 13.8. The maximum Gasteiger partial charge on any atom is 0.0174 e. The zero-order chi connectivity index (χ0) is 25.0. The van der Waals surface area contributed by atoms with Crippen molar-refractivity contribution in [1.29, 1.82) is 0 Å². The summed E-state index contributed by atoms with van der Waals surface area (Å²) in [5.41, 5.74) is 7.42. The predicted octanol–water partition coefficient (Wildman–Crippen LogP) is 10.6. The normalized spacial score (nSPS) is 18.0. The van der Waals surface area contributed by atoms with Crippen molar-refractivity contribution in [1.82, 2.24) is 0 Å². The summed E-state index contributed by atoms with van der Waals surface area (Å²) in [5, 5.41) is 2.68. The molecule has 2 aliphatic rings. The van der Waals surface area contributed by atoms with Gasteiger partial charge in [0.05, 0.1) is 0 Å². The van der Waals surface area contributed by atoms with Crippen LogP contribution in [0.3, 0.4) is 0 Å². The molecule has 0 fully saturated rings. The van der Waals surface area contributed by atoms with Crippen LogP contribution in [0.4, 0.5) is 0 Å². The molecule has 5 rings (SSSR count). The molecule has 0 heteroatoms. The van der Waals surface area contributed by atoms with E-state index in [4.69, 9.17) is 0 Å². The van der Waals surface area contributed by atoms with Crippen LogP contribution in [0.1, 0.15) is 84.4 Å². The molecule has 0 saturated heterocycles. The molecule has 0 aliphatic heterocycles. The smallest absolute Gasteiger partial charge is 0.0174 e. The molecule has 34 heavy (non-hydrogen) atoms. The zero-order valence-corrected chi connectivity index (χ0v) is 22.5. The highest BCUT2D eigenvalue weighted by atomic mass is 14.4. The molecule has 0 heterocycles. The highest BCUT2D eigenvalue weighted by Gasteiger charge is 2.35. The van der Waals surface area contributed by atoms with E-state index in [9.17, 15) is 0 Å². The molecule has 0 N–H and O–H groups in total. The van der Waals surface area contributed by atoms with Crippen LogP contribution >= 0.6 is 0 Å². The van der Waals surface area contributed by atoms with E-state index in [1.807, 2.05) is 41.5 Å². The van der Waals surface area contributed by atoms with Gasteiger partial charge in [0.25, 0.3) is 0 Å². The van der Waals surface area contributed by atoms with Crippen molar-refractivity contribution in [3.8, 4) is 0 Å². The summed E-state index contributed by atoms with van der Waals surface area (Å²) in [4.78, 5) is 0. The Balaban J connectivity index is 0.000000633. The first-order chi connectivity index (χ1) is 16.7. The lowest BCUT2D eigenvalue weighted by atomic mass is 9.65. The second-order valence-corrected chi connectivity index (χ2v) is 8.32. The minimum atomic E-state index is 0.171. The van der Waals surface area contributed by atoms with Crippen molar-refractivity contribution in [2.75, 3.05) is 0 Å². The molecule has 3 aromatic carbocycles. The fourth-order valence-corrected chi connectivity index (χ4v) is 4.95. The first kappa shape index (κ1) is 27.4. The predicted molar refractivity (Wildman–Crippen MR) is 154 cm³/mol. The van der Waals surface area contributed by atoms with Gasteiger partial charge in [-0.15, -0.1) is 0 Å². The van der Waals surface area contributed by atoms with Gasteiger partial charge < -0.3 is 0 Å². The van der Waals surface area contributed by atoms with Crippen molar-refractivity contribution in [3.05, 3.63) is 113 Å². The molecule has 0 saturated carbocycles. The lowest BCUT2D eigenvalue weighted by molar-refractivity contribution is 0.500. The van der Waals surface area contributed by atoms with Crippen LogP contribution in [-0.4, -0.2) is 0 Å². The number of fused-ring (bicyclic) bond motifs is 2. The van der Waals surface area contributed by atoms with E-state index in [1.165, 1.54) is 39.5 Å². The monoisotopic (exact) mass is 452 g/mol. The Morgan fingerprint density at radius 3 is 2.18 bits per heavy atom. The Labute approximate surface area is 209 Å². The maximum atomic E-state index is 2.47. The third kappa shape index (κ3) is 5.98. The van der Waals surface area contributed by atoms with Gasteiger partial charge in [-0.1, -0.05) is 145 Å². The van der Waals surface area contributed by atoms with E-state index < -0.39 is 0 Å². The lowest BCUT2D eigenvalue weighted by Crippen LogP contribution is -2.25. The van der Waals surface area contributed by atoms with E-state index in [-0.39, 0.29) is 5.41 Å². The van der Waals surface area contributed by atoms with Crippen molar-refractivity contribution >= 4 is 16.3 Å². The van der Waals surface area contributed by atoms with Gasteiger partial charge in [0, 0.05) is 5.41 Å². The summed E-state index contributed by atoms with van der Waals surface area (Å²) in [5.74, 6) is 0. The largest absolute Gasteiger partial charge is 0.0833 e. The molecule has 1 atom stereocenters. The molecule has 0 radical (unpaired) electrons. The first-order valence-electron chi connectivity index (χ1n) is 13.4. The third-order valence-corrected chi connectivity index (χ3v) is 6.56. The van der Waals surface area contributed by atoms with Crippen LogP contribution in [-0.2, 0) is 6.42 Å². The topological polar surface area (TPSA) is 0 Å². The van der Waals surface area contributed by atoms with Gasteiger partial charge in [0.15, 0.2) is 0 Å². The maximum absolute atomic E-state index is 2.47. The summed E-state index contributed by atoms with van der Waals surface area (Å²) in [7, 11) is 0. The molecule has 3 aromatic rings. The molecular weight excluding hydrogens is 408 g/mol. The second-order valence-electron chi connectivity index (χ2n) is 8.32. The highest BCUT2D eigenvalue weighted by molar-refractivity contribution is 5.86. The van der Waals surface area contributed by atoms with Crippen molar-refractivity contribution in [2.45, 2.75) is 74.1 Å². The Morgan fingerprint density at radius 2 is 1.44 bits per heavy atom. The zero-order valence-electron chi connectivity index (χ0n) is 22.5. The molecule has 0 aromatic heterocycles. The quantitative estimate of drug-likeness (QED) is 0.370. The number of hydrogen-bond donors (Lipinski definition) is 0. The Morgan fingerprint density at radius 1 is 0.765 bits per heavy atom. The molecule has 0 bridgehead atoms. The molecule has 2 aliphatic carbocycles. The first-order valence-corrected chi connectivity index (χ1v) is 13.4. The Bertz CT molecular complexity index is 1100. The van der Waals surface area contributed by atoms with Gasteiger partial charge in [-0.2, -0.15) is 0 Å². The lowest BCUT2D eigenvalue weighted by Gasteiger charge is -2.39. The van der Waals surface area contributed by atoms with Crippen LogP contribution in [0, 0.1) is 5.41 Å². The number of allylic oxidation sites excluding steroid dienone is 6. The van der Waals surface area contributed by atoms with Crippen molar-refractivity contribution in [2.24, 2.45) is 5.41 Å². The summed E-state index contributed by atoms with van der Waals surface area (Å²) in [6, 6.07) is 24.6. The summed E-state index contributed by atoms with van der Waals surface area (Å²) < 4.78 is 0. The standard InChI is InChI=1S/C28H26.3C2H6/c1-28-19-5-4-11-25(28)12-7-14-27(28)23-17-15-21(16-18-23)20-24-10-6-9-22-8-2-3-13-26(22)24;3*1-2/h2-6,8-11,13-18H,7,12,19-20H2,1H3;3*1-2H3. The fraction of sp³-hybridized carbons (Fsp3) is 0.353. The number of benzene rings is 3. The minimum Gasteiger partial charge on any atom is -0.0833 e. The molecule has 180 valence electrons. The van der Waals surface area contributed by atoms with E-state index in [0.29, 0.717) is 0 Å². The summed E-state index contributed by atoms with van der Waals surface area (Å²) in [6.07, 6.45) is 13.8. The number of hydrogen-bond acceptors (Lipinski definition) is 0. The molecule has 0 spiro atoms. The van der Waals surface area contributed by atoms with Gasteiger partial charge >= 0.3 is 0 Å². The van der Waals surface area contributed by atoms with Crippen LogP contribution in [0.15, 0.2) is 96.6 Å². The molecular formula is C34H44. The van der Waals surface area contributed by atoms with E-state index >= 15 is 0 Å². The fourth-order valence-electron chi connectivity index (χ4n) is 4.95. The number of rotatable bonds is 3. The highest BCUT2D eigenvalue weighted by Crippen LogP contribution is 2.50. The third-order valence-electron chi connectivity index (χ3n) is 6.56. The Kier molecular flexibility index (Phi) is 11.1. The van der Waals surface area contributed by atoms with Gasteiger partial charge in [0.2, 0.25) is 0 Å². The minimum absolute atomic E-state index is 0.171. The average Bonchev–Trinajstić information content (AvgIpc) is 2.92. The van der Waals surface area contributed by atoms with E-state index in [1.54, 1.807) is 5.57 Å². The van der Waals surface area contributed by atoms with Crippen LogP contribution in [0.2, 0.25) is 0 Å². The average molecular weight is 453 g/mol. The Hall–Kier alpha value is -2.86. The molecule has 1 unspecified atom stereocenters. The van der Waals surface area contributed by atoms with Gasteiger partial charge in [0.1, 0.15) is 0 Å². The molecule has 0 amide bonds. The summed E-state index contributed by atoms with van der Waals surface area (Å²) >= 11 is 0. The SMILES string of the molecule is CC.CC.CC.CC12CC=CC=C1CCC=C2c1ccc(Cc2cccc3ccccc23)cc1. The van der Waals surface area contributed by atoms with Gasteiger partial charge in [-0.25, -0.2) is 0 Å². The van der Waals surface area contributed by atoms with Crippen LogP contribution in [0.5, 0.6) is 0 Å². The summed E-state index contributed by atoms with van der Waals surface area (Å²) in [6.45, 7) is 14.4. The van der Waals surface area contributed by atoms with Gasteiger partial charge in [-0.05, 0) is 58.7 Å². The van der Waals surface area contributed by atoms with Gasteiger partial charge in [-0.3, -0.25) is 0 Å². The van der Waals surface area contributed by atoms with Crippen LogP contribution < -0.4 is 0 Å².